The maximum absolute atomic E-state index is 12.9. The van der Waals surface area contributed by atoms with E-state index in [0.29, 0.717) is 11.1 Å². The molecule has 0 aliphatic carbocycles. The van der Waals surface area contributed by atoms with Crippen LogP contribution >= 0.6 is 0 Å². The Hall–Kier alpha value is -4.36. The van der Waals surface area contributed by atoms with Crippen molar-refractivity contribution in [2.75, 3.05) is 6.54 Å². The zero-order valence-electron chi connectivity index (χ0n) is 18.0. The Kier molecular flexibility index (Phi) is 7.62. The van der Waals surface area contributed by atoms with Gasteiger partial charge < -0.3 is 15.7 Å². The smallest absolute Gasteiger partial charge is 0.305 e. The number of azide groups is 1. The summed E-state index contributed by atoms with van der Waals surface area (Å²) in [6.45, 7) is 2.02. The number of benzene rings is 3. The molecule has 0 heterocycles. The van der Waals surface area contributed by atoms with E-state index in [1.807, 2.05) is 43.3 Å². The molecule has 9 heteroatoms. The molecule has 9 nitrogen and oxygen atoms in total. The Morgan fingerprint density at radius 3 is 2.45 bits per heavy atom. The molecule has 0 aliphatic heterocycles. The van der Waals surface area contributed by atoms with E-state index in [1.165, 1.54) is 0 Å². The van der Waals surface area contributed by atoms with E-state index in [0.717, 1.165) is 21.9 Å². The molecule has 0 unspecified atom stereocenters. The lowest BCUT2D eigenvalue weighted by Crippen LogP contribution is -2.38. The number of nitrogens with zero attached hydrogens (tertiary/aromatic N) is 3. The predicted molar refractivity (Wildman–Crippen MR) is 124 cm³/mol. The highest BCUT2D eigenvalue weighted by atomic mass is 16.4. The molecule has 0 aliphatic rings. The van der Waals surface area contributed by atoms with Crippen LogP contribution in [0.5, 0.6) is 0 Å². The zero-order valence-corrected chi connectivity index (χ0v) is 18.0. The van der Waals surface area contributed by atoms with E-state index in [-0.39, 0.29) is 25.4 Å². The maximum atomic E-state index is 12.9. The number of nitrogens with one attached hydrogen (secondary N) is 2. The summed E-state index contributed by atoms with van der Waals surface area (Å²) in [5.41, 5.74) is 11.1. The highest BCUT2D eigenvalue weighted by Crippen LogP contribution is 2.22. The van der Waals surface area contributed by atoms with Crippen LogP contribution in [0.25, 0.3) is 21.2 Å². The molecule has 0 saturated heterocycles. The average Bonchev–Trinajstić information content (AvgIpc) is 2.80. The summed E-state index contributed by atoms with van der Waals surface area (Å²) in [5, 5.41) is 19.6. The number of hydrogen-bond acceptors (Lipinski definition) is 4. The van der Waals surface area contributed by atoms with E-state index < -0.39 is 17.9 Å². The van der Waals surface area contributed by atoms with Crippen LogP contribution in [0.1, 0.15) is 38.3 Å². The van der Waals surface area contributed by atoms with Gasteiger partial charge in [0.1, 0.15) is 0 Å². The van der Waals surface area contributed by atoms with Crippen molar-refractivity contribution in [2.45, 2.75) is 25.9 Å². The van der Waals surface area contributed by atoms with Crippen LogP contribution in [0.15, 0.2) is 65.8 Å². The van der Waals surface area contributed by atoms with Crippen molar-refractivity contribution in [2.24, 2.45) is 5.11 Å². The molecule has 3 N–H and O–H groups in total. The number of carbonyl (C=O) groups excluding carboxylic acids is 2. The van der Waals surface area contributed by atoms with Gasteiger partial charge in [0.15, 0.2) is 0 Å². The summed E-state index contributed by atoms with van der Waals surface area (Å²) in [7, 11) is 0. The minimum absolute atomic E-state index is 0.160. The van der Waals surface area contributed by atoms with E-state index in [2.05, 4.69) is 20.7 Å². The summed E-state index contributed by atoms with van der Waals surface area (Å²) in [6, 6.07) is 17.4. The summed E-state index contributed by atoms with van der Waals surface area (Å²) in [6.07, 6.45) is -0.359. The highest BCUT2D eigenvalue weighted by molar-refractivity contribution is 6.08. The number of fused-ring (bicyclic) bond motifs is 1. The van der Waals surface area contributed by atoms with Gasteiger partial charge in [-0.2, -0.15) is 0 Å². The molecule has 1 atom stereocenters. The number of carbonyl (C=O) groups is 3. The summed E-state index contributed by atoms with van der Waals surface area (Å²) in [4.78, 5) is 38.8. The van der Waals surface area contributed by atoms with E-state index in [1.54, 1.807) is 24.3 Å². The molecule has 3 rings (SSSR count). The molecule has 0 aromatic heterocycles. The lowest BCUT2D eigenvalue weighted by molar-refractivity contribution is -0.137. The lowest BCUT2D eigenvalue weighted by atomic mass is 9.99. The largest absolute Gasteiger partial charge is 0.481 e. The first-order valence-electron chi connectivity index (χ1n) is 10.3. The third-order valence-corrected chi connectivity index (χ3v) is 5.16. The second-order valence-corrected chi connectivity index (χ2v) is 7.54. The Labute approximate surface area is 190 Å². The average molecular weight is 445 g/mol. The van der Waals surface area contributed by atoms with Gasteiger partial charge in [-0.1, -0.05) is 53.6 Å². The molecule has 33 heavy (non-hydrogen) atoms. The lowest BCUT2D eigenvalue weighted by Gasteiger charge is -2.15. The monoisotopic (exact) mass is 445 g/mol. The van der Waals surface area contributed by atoms with E-state index in [4.69, 9.17) is 10.6 Å². The van der Waals surface area contributed by atoms with Gasteiger partial charge in [-0.3, -0.25) is 14.4 Å². The van der Waals surface area contributed by atoms with Gasteiger partial charge in [0.05, 0.1) is 12.0 Å². The molecule has 0 radical (unpaired) electrons. The molecule has 0 bridgehead atoms. The molecule has 2 amide bonds. The van der Waals surface area contributed by atoms with Crippen LogP contribution < -0.4 is 10.6 Å². The molecular formula is C24H23N5O4. The van der Waals surface area contributed by atoms with Crippen molar-refractivity contribution in [3.05, 3.63) is 93.4 Å². The fourth-order valence-electron chi connectivity index (χ4n) is 3.50. The Morgan fingerprint density at radius 1 is 1.03 bits per heavy atom. The van der Waals surface area contributed by atoms with Gasteiger partial charge in [0, 0.05) is 29.6 Å². The number of aryl methyl sites for hydroxylation is 1. The quantitative estimate of drug-likeness (QED) is 0.260. The maximum Gasteiger partial charge on any atom is 0.305 e. The third kappa shape index (κ3) is 6.09. The van der Waals surface area contributed by atoms with E-state index >= 15 is 0 Å². The Balaban J connectivity index is 1.64. The van der Waals surface area contributed by atoms with Gasteiger partial charge in [-0.15, -0.1) is 0 Å². The standard InChI is InChI=1S/C24H23N5O4/c1-15-6-9-17-4-2-3-5-20(17)22(15)24(33)26-13-16-7-10-18(11-8-16)23(32)28-19(12-21(30)31)14-27-29-25/h2-11,19H,12-14H2,1H3,(H,26,33)(H,28,32)(H,30,31)/t19-/m0/s1. The topological polar surface area (TPSA) is 144 Å². The van der Waals surface area contributed by atoms with Crippen molar-refractivity contribution in [1.29, 1.82) is 0 Å². The predicted octanol–water partition coefficient (Wildman–Crippen LogP) is 3.96. The van der Waals surface area contributed by atoms with Crippen LogP contribution in [0.3, 0.4) is 0 Å². The Bertz CT molecular complexity index is 1230. The van der Waals surface area contributed by atoms with Gasteiger partial charge in [0.25, 0.3) is 11.8 Å². The van der Waals surface area contributed by atoms with Gasteiger partial charge in [0.2, 0.25) is 0 Å². The van der Waals surface area contributed by atoms with Gasteiger partial charge in [-0.05, 0) is 46.5 Å². The number of carboxylic acid groups (broad SMARTS) is 1. The second-order valence-electron chi connectivity index (χ2n) is 7.54. The summed E-state index contributed by atoms with van der Waals surface area (Å²) < 4.78 is 0. The van der Waals surface area contributed by atoms with Crippen LogP contribution in [0, 0.1) is 6.92 Å². The highest BCUT2D eigenvalue weighted by Gasteiger charge is 2.17. The van der Waals surface area contributed by atoms with Crippen molar-refractivity contribution in [1.82, 2.24) is 10.6 Å². The Morgan fingerprint density at radius 2 is 1.76 bits per heavy atom. The van der Waals surface area contributed by atoms with Crippen molar-refractivity contribution in [3.8, 4) is 0 Å². The van der Waals surface area contributed by atoms with Crippen molar-refractivity contribution >= 4 is 28.6 Å². The molecule has 168 valence electrons. The van der Waals surface area contributed by atoms with Crippen LogP contribution in [-0.2, 0) is 11.3 Å². The molecule has 0 saturated carbocycles. The number of amides is 2. The number of carboxylic acids is 1. The van der Waals surface area contributed by atoms with Crippen LogP contribution in [0.4, 0.5) is 0 Å². The molecule has 0 fully saturated rings. The third-order valence-electron chi connectivity index (χ3n) is 5.16. The fraction of sp³-hybridized carbons (Fsp3) is 0.208. The van der Waals surface area contributed by atoms with Crippen molar-refractivity contribution < 1.29 is 19.5 Å². The number of aliphatic carboxylic acids is 1. The molecule has 3 aromatic rings. The SMILES string of the molecule is Cc1ccc2ccccc2c1C(=O)NCc1ccc(C(=O)N[C@H](CN=[N+]=[N-])CC(=O)O)cc1. The van der Waals surface area contributed by atoms with Gasteiger partial charge in [-0.25, -0.2) is 0 Å². The minimum atomic E-state index is -1.11. The zero-order chi connectivity index (χ0) is 23.8. The summed E-state index contributed by atoms with van der Waals surface area (Å²) in [5.74, 6) is -1.77. The number of rotatable bonds is 9. The van der Waals surface area contributed by atoms with Crippen molar-refractivity contribution in [3.63, 3.8) is 0 Å². The minimum Gasteiger partial charge on any atom is -0.481 e. The van der Waals surface area contributed by atoms with Crippen LogP contribution in [0.2, 0.25) is 0 Å². The fourth-order valence-corrected chi connectivity index (χ4v) is 3.50. The first-order chi connectivity index (χ1) is 15.9. The molecular weight excluding hydrogens is 422 g/mol. The second kappa shape index (κ2) is 10.8. The first-order valence-corrected chi connectivity index (χ1v) is 10.3. The molecule has 0 spiro atoms. The summed E-state index contributed by atoms with van der Waals surface area (Å²) >= 11 is 0. The molecule has 3 aromatic carbocycles. The number of hydrogen-bond donors (Lipinski definition) is 3. The van der Waals surface area contributed by atoms with Crippen LogP contribution in [-0.4, -0.2) is 35.5 Å². The van der Waals surface area contributed by atoms with E-state index in [9.17, 15) is 14.4 Å². The normalized spacial score (nSPS) is 11.3. The first kappa shape index (κ1) is 23.3. The van der Waals surface area contributed by atoms with Gasteiger partial charge >= 0.3 is 5.97 Å².